The average molecular weight is 287 g/mol. The van der Waals surface area contributed by atoms with Crippen molar-refractivity contribution >= 4 is 17.7 Å². The van der Waals surface area contributed by atoms with Crippen LogP contribution in [0.4, 0.5) is 0 Å². The van der Waals surface area contributed by atoms with Crippen LogP contribution in [0, 0.1) is 0 Å². The first-order valence-electron chi connectivity index (χ1n) is 7.30. The largest absolute Gasteiger partial charge is 0.465 e. The van der Waals surface area contributed by atoms with Crippen molar-refractivity contribution in [2.45, 2.75) is 44.8 Å². The lowest BCUT2D eigenvalue weighted by molar-refractivity contribution is -0.147. The highest BCUT2D eigenvalue weighted by Gasteiger charge is 2.42. The van der Waals surface area contributed by atoms with Crippen molar-refractivity contribution in [3.8, 4) is 0 Å². The zero-order valence-corrected chi connectivity index (χ0v) is 12.8. The van der Waals surface area contributed by atoms with E-state index in [-0.39, 0.29) is 11.6 Å². The molecule has 0 aromatic carbocycles. The maximum atomic E-state index is 11.7. The third-order valence-electron chi connectivity index (χ3n) is 4.09. The van der Waals surface area contributed by atoms with E-state index in [1.807, 2.05) is 18.7 Å². The smallest absolute Gasteiger partial charge is 0.320 e. The van der Waals surface area contributed by atoms with Crippen LogP contribution in [0.1, 0.15) is 33.1 Å². The van der Waals surface area contributed by atoms with Gasteiger partial charge in [-0.25, -0.2) is 0 Å². The zero-order chi connectivity index (χ0) is 13.7. The Hall–Kier alpha value is -0.260. The number of carbonyl (C=O) groups is 1. The Bertz CT molecular complexity index is 305. The number of ether oxygens (including phenoxy) is 2. The van der Waals surface area contributed by atoms with Crippen LogP contribution in [0.3, 0.4) is 0 Å². The van der Waals surface area contributed by atoms with Gasteiger partial charge in [-0.15, -0.1) is 0 Å². The van der Waals surface area contributed by atoms with Gasteiger partial charge in [0.15, 0.2) is 0 Å². The van der Waals surface area contributed by atoms with Crippen molar-refractivity contribution in [1.82, 2.24) is 4.90 Å². The fourth-order valence-corrected chi connectivity index (χ4v) is 4.43. The Morgan fingerprint density at radius 3 is 3.00 bits per heavy atom. The molecule has 0 N–H and O–H groups in total. The molecule has 19 heavy (non-hydrogen) atoms. The first-order valence-corrected chi connectivity index (χ1v) is 8.46. The molecule has 0 radical (unpaired) electrons. The minimum absolute atomic E-state index is 0.0790. The molecule has 0 saturated carbocycles. The number of hydrogen-bond acceptors (Lipinski definition) is 5. The van der Waals surface area contributed by atoms with Crippen LogP contribution in [-0.2, 0) is 14.3 Å². The molecule has 0 aliphatic carbocycles. The second-order valence-electron chi connectivity index (χ2n) is 5.35. The van der Waals surface area contributed by atoms with Gasteiger partial charge in [0, 0.05) is 18.4 Å². The van der Waals surface area contributed by atoms with Crippen molar-refractivity contribution in [1.29, 1.82) is 0 Å². The van der Waals surface area contributed by atoms with Crippen molar-refractivity contribution in [3.63, 3.8) is 0 Å². The topological polar surface area (TPSA) is 38.8 Å². The number of carbonyl (C=O) groups excluding carboxylic acids is 1. The van der Waals surface area contributed by atoms with Crippen molar-refractivity contribution in [2.75, 3.05) is 37.8 Å². The van der Waals surface area contributed by atoms with Gasteiger partial charge in [0.2, 0.25) is 0 Å². The summed E-state index contributed by atoms with van der Waals surface area (Å²) in [6.45, 7) is 6.57. The predicted octanol–water partition coefficient (Wildman–Crippen LogP) is 1.93. The fraction of sp³-hybridized carbons (Fsp3) is 0.929. The monoisotopic (exact) mass is 287 g/mol. The summed E-state index contributed by atoms with van der Waals surface area (Å²) in [5, 5.41) is 0. The number of nitrogens with zero attached hydrogens (tertiary/aromatic N) is 1. The Balaban J connectivity index is 1.92. The van der Waals surface area contributed by atoms with Crippen LogP contribution in [0.15, 0.2) is 0 Å². The highest BCUT2D eigenvalue weighted by Crippen LogP contribution is 2.39. The molecule has 5 heteroatoms. The lowest BCUT2D eigenvalue weighted by Gasteiger charge is -2.42. The molecule has 4 nitrogen and oxygen atoms in total. The summed E-state index contributed by atoms with van der Waals surface area (Å²) < 4.78 is 11.1. The zero-order valence-electron chi connectivity index (χ0n) is 12.0. The van der Waals surface area contributed by atoms with Gasteiger partial charge in [-0.2, -0.15) is 11.8 Å². The van der Waals surface area contributed by atoms with E-state index >= 15 is 0 Å². The molecule has 2 heterocycles. The number of hydrogen-bond donors (Lipinski definition) is 0. The average Bonchev–Trinajstić information content (AvgIpc) is 2.84. The Labute approximate surface area is 120 Å². The summed E-state index contributed by atoms with van der Waals surface area (Å²) in [6, 6.07) is 0.460. The molecule has 2 unspecified atom stereocenters. The molecule has 2 fully saturated rings. The third kappa shape index (κ3) is 3.86. The molecular formula is C14H25NO3S. The molecule has 2 saturated heterocycles. The van der Waals surface area contributed by atoms with Gasteiger partial charge in [-0.05, 0) is 38.5 Å². The lowest BCUT2D eigenvalue weighted by atomic mass is 9.89. The van der Waals surface area contributed by atoms with Gasteiger partial charge < -0.3 is 9.47 Å². The quantitative estimate of drug-likeness (QED) is 0.722. The summed E-state index contributed by atoms with van der Waals surface area (Å²) in [4.78, 5) is 13.9. The molecule has 110 valence electrons. The van der Waals surface area contributed by atoms with Crippen LogP contribution in [0.2, 0.25) is 0 Å². The summed E-state index contributed by atoms with van der Waals surface area (Å²) in [7, 11) is 0. The van der Waals surface area contributed by atoms with Crippen molar-refractivity contribution in [3.05, 3.63) is 0 Å². The predicted molar refractivity (Wildman–Crippen MR) is 77.5 cm³/mol. The van der Waals surface area contributed by atoms with E-state index in [4.69, 9.17) is 9.47 Å². The minimum Gasteiger partial charge on any atom is -0.465 e. The third-order valence-corrected chi connectivity index (χ3v) is 5.32. The second kappa shape index (κ2) is 6.95. The Morgan fingerprint density at radius 2 is 2.37 bits per heavy atom. The van der Waals surface area contributed by atoms with Gasteiger partial charge in [0.05, 0.1) is 18.8 Å². The van der Waals surface area contributed by atoms with Gasteiger partial charge in [-0.1, -0.05) is 6.92 Å². The Kier molecular flexibility index (Phi) is 5.54. The van der Waals surface area contributed by atoms with Gasteiger partial charge in [-0.3, -0.25) is 9.69 Å². The summed E-state index contributed by atoms with van der Waals surface area (Å²) >= 11 is 1.99. The van der Waals surface area contributed by atoms with E-state index in [1.54, 1.807) is 0 Å². The van der Waals surface area contributed by atoms with Crippen LogP contribution < -0.4 is 0 Å². The van der Waals surface area contributed by atoms with E-state index in [0.717, 1.165) is 38.2 Å². The first kappa shape index (κ1) is 15.1. The van der Waals surface area contributed by atoms with E-state index in [9.17, 15) is 4.79 Å². The summed E-state index contributed by atoms with van der Waals surface area (Å²) in [6.07, 6.45) is 3.25. The number of rotatable bonds is 5. The standard InChI is InChI=1S/C14H25NO3S/c1-3-15(10-13(16)17-4-2)12-5-7-18-14(9-12)6-8-19-11-14/h12H,3-11H2,1-2H3. The van der Waals surface area contributed by atoms with Crippen LogP contribution in [0.25, 0.3) is 0 Å². The van der Waals surface area contributed by atoms with Crippen LogP contribution in [0.5, 0.6) is 0 Å². The molecule has 2 aliphatic heterocycles. The summed E-state index contributed by atoms with van der Waals surface area (Å²) in [5.74, 6) is 2.21. The molecule has 2 atom stereocenters. The molecule has 0 amide bonds. The Morgan fingerprint density at radius 1 is 1.53 bits per heavy atom. The molecule has 0 aromatic rings. The molecule has 2 aliphatic rings. The number of esters is 1. The maximum absolute atomic E-state index is 11.7. The summed E-state index contributed by atoms with van der Waals surface area (Å²) in [5.41, 5.74) is 0.0790. The molecule has 0 aromatic heterocycles. The van der Waals surface area contributed by atoms with Gasteiger partial charge in [0.25, 0.3) is 0 Å². The van der Waals surface area contributed by atoms with E-state index < -0.39 is 0 Å². The van der Waals surface area contributed by atoms with E-state index in [2.05, 4.69) is 11.8 Å². The van der Waals surface area contributed by atoms with E-state index in [1.165, 1.54) is 5.75 Å². The van der Waals surface area contributed by atoms with Gasteiger partial charge >= 0.3 is 5.97 Å². The fourth-order valence-electron chi connectivity index (χ4n) is 3.05. The molecule has 2 rings (SSSR count). The lowest BCUT2D eigenvalue weighted by Crippen LogP contribution is -2.50. The van der Waals surface area contributed by atoms with Gasteiger partial charge in [0.1, 0.15) is 0 Å². The maximum Gasteiger partial charge on any atom is 0.320 e. The van der Waals surface area contributed by atoms with Crippen LogP contribution in [-0.4, -0.2) is 60.3 Å². The second-order valence-corrected chi connectivity index (χ2v) is 6.45. The molecular weight excluding hydrogens is 262 g/mol. The highest BCUT2D eigenvalue weighted by atomic mass is 32.2. The highest BCUT2D eigenvalue weighted by molar-refractivity contribution is 7.99. The van der Waals surface area contributed by atoms with Crippen molar-refractivity contribution < 1.29 is 14.3 Å². The SMILES string of the molecule is CCOC(=O)CN(CC)C1CCOC2(CCSC2)C1. The minimum atomic E-state index is -0.106. The van der Waals surface area contributed by atoms with E-state index in [0.29, 0.717) is 19.2 Å². The number of likely N-dealkylation sites (N-methyl/N-ethyl adjacent to an activating group) is 1. The number of thioether (sulfide) groups is 1. The molecule has 0 bridgehead atoms. The molecule has 1 spiro atoms. The van der Waals surface area contributed by atoms with Crippen LogP contribution >= 0.6 is 11.8 Å². The first-order chi connectivity index (χ1) is 9.19. The van der Waals surface area contributed by atoms with Crippen molar-refractivity contribution in [2.24, 2.45) is 0 Å². The normalized spacial score (nSPS) is 31.0.